The first kappa shape index (κ1) is 12.2. The molecule has 0 aliphatic heterocycles. The Balaban J connectivity index is 2.57. The van der Waals surface area contributed by atoms with Gasteiger partial charge in [-0.05, 0) is 56.0 Å². The molecule has 1 rings (SSSR count). The molecule has 0 radical (unpaired) electrons. The molecule has 1 aromatic rings. The molecule has 0 atom stereocenters. The molecule has 2 N–H and O–H groups in total. The van der Waals surface area contributed by atoms with Gasteiger partial charge in [0.25, 0.3) is 0 Å². The highest BCUT2D eigenvalue weighted by Gasteiger charge is 2.01. The van der Waals surface area contributed by atoms with Gasteiger partial charge >= 0.3 is 0 Å². The number of aliphatic hydroxyl groups excluding tert-OH is 1. The zero-order chi connectivity index (χ0) is 11.3. The number of nitrogens with one attached hydrogen (secondary N) is 1. The molecule has 0 saturated carbocycles. The van der Waals surface area contributed by atoms with Gasteiger partial charge in [0.2, 0.25) is 0 Å². The van der Waals surface area contributed by atoms with Crippen LogP contribution in [0.1, 0.15) is 22.3 Å². The highest BCUT2D eigenvalue weighted by atomic mass is 16.3. The molecule has 0 heterocycles. The zero-order valence-electron chi connectivity index (χ0n) is 9.93. The number of hydrogen-bond acceptors (Lipinski definition) is 2. The van der Waals surface area contributed by atoms with E-state index >= 15 is 0 Å². The minimum atomic E-state index is 0.214. The molecular formula is C13H21NO. The Bertz CT molecular complexity index is 321. The van der Waals surface area contributed by atoms with Gasteiger partial charge < -0.3 is 10.4 Å². The lowest BCUT2D eigenvalue weighted by Gasteiger charge is -2.10. The van der Waals surface area contributed by atoms with Crippen LogP contribution < -0.4 is 5.32 Å². The maximum atomic E-state index is 8.64. The number of benzene rings is 1. The van der Waals surface area contributed by atoms with E-state index in [9.17, 15) is 0 Å². The van der Waals surface area contributed by atoms with Gasteiger partial charge in [-0.1, -0.05) is 12.1 Å². The molecule has 2 heteroatoms. The molecule has 0 aliphatic carbocycles. The van der Waals surface area contributed by atoms with Gasteiger partial charge in [0, 0.05) is 6.54 Å². The van der Waals surface area contributed by atoms with E-state index in [1.165, 1.54) is 22.3 Å². The minimum Gasteiger partial charge on any atom is -0.395 e. The van der Waals surface area contributed by atoms with Crippen LogP contribution in [0.15, 0.2) is 12.1 Å². The minimum absolute atomic E-state index is 0.214. The number of aliphatic hydroxyl groups is 1. The Kier molecular flexibility index (Phi) is 4.79. The van der Waals surface area contributed by atoms with Crippen LogP contribution in [-0.2, 0) is 6.42 Å². The molecule has 1 aromatic carbocycles. The van der Waals surface area contributed by atoms with Crippen LogP contribution in [-0.4, -0.2) is 24.8 Å². The summed E-state index contributed by atoms with van der Waals surface area (Å²) in [6, 6.07) is 4.52. The average molecular weight is 207 g/mol. The van der Waals surface area contributed by atoms with Crippen LogP contribution in [0.5, 0.6) is 0 Å². The maximum Gasteiger partial charge on any atom is 0.0555 e. The second kappa shape index (κ2) is 5.89. The van der Waals surface area contributed by atoms with Crippen molar-refractivity contribution in [2.45, 2.75) is 27.2 Å². The van der Waals surface area contributed by atoms with E-state index in [4.69, 9.17) is 5.11 Å². The predicted molar refractivity (Wildman–Crippen MR) is 64.3 cm³/mol. The first-order chi connectivity index (χ1) is 7.15. The standard InChI is InChI=1S/C13H21NO/c1-10-8-12(3)13(9-11(10)2)4-5-14-6-7-15/h8-9,14-15H,4-7H2,1-3H3. The van der Waals surface area contributed by atoms with Crippen LogP contribution in [0.25, 0.3) is 0 Å². The van der Waals surface area contributed by atoms with E-state index in [2.05, 4.69) is 38.2 Å². The fraction of sp³-hybridized carbons (Fsp3) is 0.538. The fourth-order valence-electron chi connectivity index (χ4n) is 1.72. The lowest BCUT2D eigenvalue weighted by Crippen LogP contribution is -2.21. The van der Waals surface area contributed by atoms with Crippen molar-refractivity contribution in [1.82, 2.24) is 5.32 Å². The highest BCUT2D eigenvalue weighted by Crippen LogP contribution is 2.15. The van der Waals surface area contributed by atoms with Gasteiger partial charge in [-0.3, -0.25) is 0 Å². The van der Waals surface area contributed by atoms with E-state index in [1.54, 1.807) is 0 Å². The molecule has 0 unspecified atom stereocenters. The molecule has 0 bridgehead atoms. The van der Waals surface area contributed by atoms with Crippen molar-refractivity contribution >= 4 is 0 Å². The smallest absolute Gasteiger partial charge is 0.0555 e. The summed E-state index contributed by atoms with van der Waals surface area (Å²) in [5, 5.41) is 11.8. The SMILES string of the molecule is Cc1cc(C)c(CCNCCO)cc1C. The second-order valence-corrected chi connectivity index (χ2v) is 4.09. The summed E-state index contributed by atoms with van der Waals surface area (Å²) in [5.41, 5.74) is 5.49. The Morgan fingerprint density at radius 1 is 1.00 bits per heavy atom. The molecule has 84 valence electrons. The first-order valence-corrected chi connectivity index (χ1v) is 5.53. The molecule has 2 nitrogen and oxygen atoms in total. The summed E-state index contributed by atoms with van der Waals surface area (Å²) >= 11 is 0. The molecule has 0 aromatic heterocycles. The summed E-state index contributed by atoms with van der Waals surface area (Å²) < 4.78 is 0. The summed E-state index contributed by atoms with van der Waals surface area (Å²) in [4.78, 5) is 0. The normalized spacial score (nSPS) is 10.7. The van der Waals surface area contributed by atoms with Gasteiger partial charge in [0.1, 0.15) is 0 Å². The highest BCUT2D eigenvalue weighted by molar-refractivity contribution is 5.36. The molecule has 0 spiro atoms. The largest absolute Gasteiger partial charge is 0.395 e. The third-order valence-electron chi connectivity index (χ3n) is 2.81. The third-order valence-corrected chi connectivity index (χ3v) is 2.81. The number of aryl methyl sites for hydroxylation is 3. The Labute approximate surface area is 92.3 Å². The topological polar surface area (TPSA) is 32.3 Å². The van der Waals surface area contributed by atoms with Crippen molar-refractivity contribution in [3.63, 3.8) is 0 Å². The average Bonchev–Trinajstić information content (AvgIpc) is 2.20. The van der Waals surface area contributed by atoms with E-state index in [1.807, 2.05) is 0 Å². The predicted octanol–water partition coefficient (Wildman–Crippen LogP) is 1.74. The van der Waals surface area contributed by atoms with Gasteiger partial charge in [-0.15, -0.1) is 0 Å². The Morgan fingerprint density at radius 3 is 2.33 bits per heavy atom. The summed E-state index contributed by atoms with van der Waals surface area (Å²) in [7, 11) is 0. The quantitative estimate of drug-likeness (QED) is 0.721. The van der Waals surface area contributed by atoms with Crippen molar-refractivity contribution in [1.29, 1.82) is 0 Å². The Hall–Kier alpha value is -0.860. The van der Waals surface area contributed by atoms with E-state index in [-0.39, 0.29) is 6.61 Å². The van der Waals surface area contributed by atoms with Gasteiger partial charge in [0.05, 0.1) is 6.61 Å². The molecular weight excluding hydrogens is 186 g/mol. The first-order valence-electron chi connectivity index (χ1n) is 5.53. The van der Waals surface area contributed by atoms with Crippen molar-refractivity contribution < 1.29 is 5.11 Å². The Morgan fingerprint density at radius 2 is 1.67 bits per heavy atom. The number of rotatable bonds is 5. The van der Waals surface area contributed by atoms with Gasteiger partial charge in [0.15, 0.2) is 0 Å². The second-order valence-electron chi connectivity index (χ2n) is 4.09. The van der Waals surface area contributed by atoms with E-state index in [0.717, 1.165) is 13.0 Å². The summed E-state index contributed by atoms with van der Waals surface area (Å²) in [5.74, 6) is 0. The van der Waals surface area contributed by atoms with E-state index < -0.39 is 0 Å². The van der Waals surface area contributed by atoms with Crippen LogP contribution in [0.3, 0.4) is 0 Å². The van der Waals surface area contributed by atoms with Gasteiger partial charge in [-0.25, -0.2) is 0 Å². The van der Waals surface area contributed by atoms with Crippen LogP contribution in [0.4, 0.5) is 0 Å². The van der Waals surface area contributed by atoms with Crippen LogP contribution in [0, 0.1) is 20.8 Å². The molecule has 0 fully saturated rings. The van der Waals surface area contributed by atoms with Gasteiger partial charge in [-0.2, -0.15) is 0 Å². The molecule has 0 aliphatic rings. The lowest BCUT2D eigenvalue weighted by atomic mass is 9.99. The fourth-order valence-corrected chi connectivity index (χ4v) is 1.72. The lowest BCUT2D eigenvalue weighted by molar-refractivity contribution is 0.293. The number of hydrogen-bond donors (Lipinski definition) is 2. The summed E-state index contributed by atoms with van der Waals surface area (Å²) in [6.45, 7) is 8.29. The molecule has 0 saturated heterocycles. The third kappa shape index (κ3) is 3.65. The van der Waals surface area contributed by atoms with Crippen LogP contribution >= 0.6 is 0 Å². The monoisotopic (exact) mass is 207 g/mol. The van der Waals surface area contributed by atoms with E-state index in [0.29, 0.717) is 6.54 Å². The van der Waals surface area contributed by atoms with Crippen molar-refractivity contribution in [2.75, 3.05) is 19.7 Å². The summed E-state index contributed by atoms with van der Waals surface area (Å²) in [6.07, 6.45) is 1.03. The van der Waals surface area contributed by atoms with Crippen molar-refractivity contribution in [3.8, 4) is 0 Å². The van der Waals surface area contributed by atoms with Crippen molar-refractivity contribution in [2.24, 2.45) is 0 Å². The zero-order valence-corrected chi connectivity index (χ0v) is 9.93. The van der Waals surface area contributed by atoms with Crippen LogP contribution in [0.2, 0.25) is 0 Å². The molecule has 0 amide bonds. The molecule has 15 heavy (non-hydrogen) atoms. The van der Waals surface area contributed by atoms with Crippen molar-refractivity contribution in [3.05, 3.63) is 34.4 Å². The maximum absolute atomic E-state index is 8.64.